The van der Waals surface area contributed by atoms with Crippen LogP contribution in [0, 0.1) is 11.6 Å². The highest BCUT2D eigenvalue weighted by molar-refractivity contribution is 7.22. The summed E-state index contributed by atoms with van der Waals surface area (Å²) in [7, 11) is 0. The molecule has 42 heavy (non-hydrogen) atoms. The summed E-state index contributed by atoms with van der Waals surface area (Å²) in [5.41, 5.74) is -0.863. The number of phenols is 1. The monoisotopic (exact) mass is 601 g/mol. The van der Waals surface area contributed by atoms with E-state index in [2.05, 4.69) is 20.8 Å². The molecule has 0 saturated heterocycles. The maximum absolute atomic E-state index is 15.3. The number of hydrogen-bond donors (Lipinski definition) is 3. The molecule has 0 atom stereocenters. The number of alkyl halides is 3. The van der Waals surface area contributed by atoms with Crippen LogP contribution in [-0.4, -0.2) is 27.8 Å². The molecule has 0 radical (unpaired) electrons. The zero-order valence-electron chi connectivity index (χ0n) is 21.8. The lowest BCUT2D eigenvalue weighted by atomic mass is 9.82. The Hall–Kier alpha value is -4.72. The molecule has 3 N–H and O–H groups in total. The quantitative estimate of drug-likeness (QED) is 0.180. The minimum Gasteiger partial charge on any atom is -0.506 e. The molecule has 0 aliphatic carbocycles. The van der Waals surface area contributed by atoms with Gasteiger partial charge >= 0.3 is 12.2 Å². The van der Waals surface area contributed by atoms with Gasteiger partial charge in [-0.2, -0.15) is 13.2 Å². The van der Waals surface area contributed by atoms with Crippen molar-refractivity contribution in [3.05, 3.63) is 77.5 Å². The van der Waals surface area contributed by atoms with Gasteiger partial charge in [-0.3, -0.25) is 5.32 Å². The summed E-state index contributed by atoms with van der Waals surface area (Å²) in [6.45, 7) is 3.65. The number of carbonyl (C=O) groups excluding carboxylic acids is 1. The Morgan fingerprint density at radius 1 is 1.10 bits per heavy atom. The summed E-state index contributed by atoms with van der Waals surface area (Å²) >= 11 is 1.09. The summed E-state index contributed by atoms with van der Waals surface area (Å²) in [5.74, 6) is -2.30. The topological polar surface area (TPSA) is 104 Å². The molecule has 0 unspecified atom stereocenters. The Labute approximate surface area is 238 Å². The third-order valence-electron chi connectivity index (χ3n) is 6.79. The van der Waals surface area contributed by atoms with Crippen molar-refractivity contribution >= 4 is 49.8 Å². The molecule has 1 aliphatic heterocycles. The lowest BCUT2D eigenvalue weighted by Crippen LogP contribution is -2.27. The van der Waals surface area contributed by atoms with E-state index < -0.39 is 46.5 Å². The normalized spacial score (nSPS) is 14.3. The Morgan fingerprint density at radius 3 is 2.60 bits per heavy atom. The second kappa shape index (κ2) is 9.69. The van der Waals surface area contributed by atoms with Crippen molar-refractivity contribution in [2.75, 3.05) is 22.1 Å². The highest BCUT2D eigenvalue weighted by Gasteiger charge is 2.44. The number of para-hydroxylation sites is 2. The number of amides is 2. The van der Waals surface area contributed by atoms with Crippen molar-refractivity contribution < 1.29 is 36.4 Å². The molecular formula is C28H20F5N5O3S. The first kappa shape index (κ1) is 27.4. The van der Waals surface area contributed by atoms with E-state index in [9.17, 15) is 27.5 Å². The van der Waals surface area contributed by atoms with Gasteiger partial charge in [0.1, 0.15) is 17.4 Å². The Morgan fingerprint density at radius 2 is 1.86 bits per heavy atom. The van der Waals surface area contributed by atoms with Crippen molar-refractivity contribution in [3.8, 4) is 17.1 Å². The van der Waals surface area contributed by atoms with Crippen molar-refractivity contribution in [1.29, 1.82) is 0 Å². The van der Waals surface area contributed by atoms with Crippen LogP contribution >= 0.6 is 11.3 Å². The molecule has 14 heteroatoms. The van der Waals surface area contributed by atoms with Crippen LogP contribution < -0.4 is 15.5 Å². The first-order valence-corrected chi connectivity index (χ1v) is 13.2. The maximum Gasteiger partial charge on any atom is 0.436 e. The Bertz CT molecular complexity index is 1870. The predicted molar refractivity (Wildman–Crippen MR) is 147 cm³/mol. The first-order chi connectivity index (χ1) is 19.8. The van der Waals surface area contributed by atoms with Gasteiger partial charge in [-0.05, 0) is 30.3 Å². The van der Waals surface area contributed by atoms with Crippen LogP contribution in [0.25, 0.3) is 21.5 Å². The van der Waals surface area contributed by atoms with Gasteiger partial charge in [0.05, 0.1) is 32.8 Å². The average molecular weight is 602 g/mol. The van der Waals surface area contributed by atoms with Crippen LogP contribution in [0.3, 0.4) is 0 Å². The third-order valence-corrected chi connectivity index (χ3v) is 7.73. The molecular weight excluding hydrogens is 581 g/mol. The molecule has 2 aromatic heterocycles. The Balaban J connectivity index is 1.36. The van der Waals surface area contributed by atoms with E-state index in [1.165, 1.54) is 18.2 Å². The number of fused-ring (bicyclic) bond motifs is 2. The number of aromatic hydroxyl groups is 1. The standard InChI is InChI=1S/C28H20F5N5O3S/c1-27(2)12-38(24-18(39)10-14(30)22(23(24)27)19-11-21(37-41-19)28(31,32)33)17-6-4-3-5-15(17)34-25(40)36-26-35-16-8-7-13(29)9-20(16)42-26/h3-11,39H,12H2,1-2H3,(H2,34,35,36,40). The number of thiazole rings is 1. The van der Waals surface area contributed by atoms with Crippen LogP contribution in [0.1, 0.15) is 25.1 Å². The van der Waals surface area contributed by atoms with Crippen molar-refractivity contribution in [1.82, 2.24) is 10.1 Å². The molecule has 2 amide bonds. The van der Waals surface area contributed by atoms with Gasteiger partial charge in [-0.15, -0.1) is 0 Å². The number of benzene rings is 3. The molecule has 1 aliphatic rings. The number of anilines is 4. The van der Waals surface area contributed by atoms with E-state index in [-0.39, 0.29) is 28.5 Å². The molecule has 0 bridgehead atoms. The first-order valence-electron chi connectivity index (χ1n) is 12.4. The molecule has 0 spiro atoms. The van der Waals surface area contributed by atoms with Gasteiger partial charge in [0.25, 0.3) is 0 Å². The predicted octanol–water partition coefficient (Wildman–Crippen LogP) is 8.03. The van der Waals surface area contributed by atoms with Gasteiger partial charge < -0.3 is 19.8 Å². The molecule has 5 aromatic rings. The van der Waals surface area contributed by atoms with E-state index in [0.717, 1.165) is 17.4 Å². The maximum atomic E-state index is 15.3. The summed E-state index contributed by atoms with van der Waals surface area (Å²) in [6.07, 6.45) is -4.80. The Kier molecular flexibility index (Phi) is 6.33. The van der Waals surface area contributed by atoms with E-state index >= 15 is 4.39 Å². The van der Waals surface area contributed by atoms with Gasteiger partial charge in [0, 0.05) is 29.7 Å². The SMILES string of the molecule is CC1(C)CN(c2ccccc2NC(=O)Nc2nc3ccc(F)cc3s2)c2c(O)cc(F)c(-c3cc(C(F)(F)F)no3)c21. The molecule has 8 nitrogen and oxygen atoms in total. The number of aromatic nitrogens is 2. The van der Waals surface area contributed by atoms with Crippen molar-refractivity contribution in [2.45, 2.75) is 25.4 Å². The lowest BCUT2D eigenvalue weighted by molar-refractivity contribution is -0.142. The summed E-state index contributed by atoms with van der Waals surface area (Å²) in [4.78, 5) is 18.9. The smallest absolute Gasteiger partial charge is 0.436 e. The van der Waals surface area contributed by atoms with Gasteiger partial charge in [0.15, 0.2) is 16.6 Å². The van der Waals surface area contributed by atoms with Gasteiger partial charge in [-0.1, -0.05) is 42.5 Å². The fraction of sp³-hybridized carbons (Fsp3) is 0.179. The van der Waals surface area contributed by atoms with Crippen LogP contribution in [-0.2, 0) is 11.6 Å². The second-order valence-corrected chi connectivity index (χ2v) is 11.3. The average Bonchev–Trinajstić information content (AvgIpc) is 3.60. The number of rotatable bonds is 4. The minimum absolute atomic E-state index is 0.143. The highest BCUT2D eigenvalue weighted by Crippen LogP contribution is 2.54. The number of phenolic OH excluding ortho intramolecular Hbond substituents is 1. The van der Waals surface area contributed by atoms with E-state index in [4.69, 9.17) is 4.52 Å². The van der Waals surface area contributed by atoms with Crippen LogP contribution in [0.4, 0.5) is 48.9 Å². The second-order valence-electron chi connectivity index (χ2n) is 10.2. The zero-order valence-corrected chi connectivity index (χ0v) is 22.6. The lowest BCUT2D eigenvalue weighted by Gasteiger charge is -2.25. The van der Waals surface area contributed by atoms with Gasteiger partial charge in [-0.25, -0.2) is 18.6 Å². The van der Waals surface area contributed by atoms with Crippen LogP contribution in [0.5, 0.6) is 5.75 Å². The van der Waals surface area contributed by atoms with Crippen LogP contribution in [0.15, 0.2) is 59.1 Å². The number of halogens is 5. The molecule has 3 heterocycles. The molecule has 0 saturated carbocycles. The molecule has 0 fully saturated rings. The fourth-order valence-electron chi connectivity index (χ4n) is 5.10. The molecule has 3 aromatic carbocycles. The number of nitrogens with one attached hydrogen (secondary N) is 2. The summed E-state index contributed by atoms with van der Waals surface area (Å²) in [5, 5.41) is 19.6. The number of urea groups is 1. The van der Waals surface area contributed by atoms with E-state index in [0.29, 0.717) is 27.7 Å². The zero-order chi connectivity index (χ0) is 30.0. The van der Waals surface area contributed by atoms with E-state index in [1.54, 1.807) is 43.0 Å². The number of carbonyl (C=O) groups is 1. The number of hydrogen-bond acceptors (Lipinski definition) is 7. The van der Waals surface area contributed by atoms with Crippen LogP contribution in [0.2, 0.25) is 0 Å². The summed E-state index contributed by atoms with van der Waals surface area (Å²) in [6, 6.07) is 11.5. The van der Waals surface area contributed by atoms with E-state index in [1.807, 2.05) is 0 Å². The third kappa shape index (κ3) is 4.76. The largest absolute Gasteiger partial charge is 0.506 e. The molecule has 6 rings (SSSR count). The fourth-order valence-corrected chi connectivity index (χ4v) is 5.99. The molecule has 216 valence electrons. The summed E-state index contributed by atoms with van der Waals surface area (Å²) < 4.78 is 74.0. The minimum atomic E-state index is -4.80. The van der Waals surface area contributed by atoms with Gasteiger partial charge in [0.2, 0.25) is 0 Å². The van der Waals surface area contributed by atoms with Crippen molar-refractivity contribution in [2.24, 2.45) is 0 Å². The van der Waals surface area contributed by atoms with Crippen molar-refractivity contribution in [3.63, 3.8) is 0 Å². The number of nitrogens with zero attached hydrogens (tertiary/aromatic N) is 3. The highest BCUT2D eigenvalue weighted by atomic mass is 32.1.